The first kappa shape index (κ1) is 4.76. The number of nitrogens with two attached hydrogens (primary N) is 1. The van der Waals surface area contributed by atoms with Crippen LogP contribution in [0.5, 0.6) is 0 Å². The van der Waals surface area contributed by atoms with Crippen LogP contribution in [0.4, 0.5) is 5.82 Å². The number of hydrogen-bond donors (Lipinski definition) is 2. The van der Waals surface area contributed by atoms with E-state index in [2.05, 4.69) is 10.4 Å². The van der Waals surface area contributed by atoms with Gasteiger partial charge in [0, 0.05) is 7.57 Å². The van der Waals surface area contributed by atoms with Gasteiger partial charge in [-0.2, -0.15) is 0 Å². The Labute approximate surface area is 55.3 Å². The molecule has 0 aliphatic heterocycles. The maximum absolute atomic E-state index is 6.98. The number of hydrogen-bond acceptors (Lipinski definition) is 3. The van der Waals surface area contributed by atoms with Gasteiger partial charge in [0.05, 0.1) is 0 Å². The third-order valence-corrected chi connectivity index (χ3v) is 0.973. The molecule has 48 valence electrons. The SMILES string of the molecule is [2H]Cc1ccc(NN)nc1. The number of hydrazine groups is 1. The third-order valence-electron chi connectivity index (χ3n) is 0.973. The zero-order valence-corrected chi connectivity index (χ0v) is 4.96. The Morgan fingerprint density at radius 3 is 3.11 bits per heavy atom. The smallest absolute Gasteiger partial charge is 0.139 e. The van der Waals surface area contributed by atoms with Gasteiger partial charge in [0.2, 0.25) is 0 Å². The molecule has 3 nitrogen and oxygen atoms in total. The standard InChI is InChI=1S/C6H9N3/c1-5-2-3-6(9-7)8-4-5/h2-4H,7H2,1H3,(H,8,9)/i1D. The first-order valence-corrected chi connectivity index (χ1v) is 2.57. The highest BCUT2D eigenvalue weighted by Crippen LogP contribution is 2.00. The van der Waals surface area contributed by atoms with Crippen LogP contribution in [0.25, 0.3) is 0 Å². The van der Waals surface area contributed by atoms with E-state index in [4.69, 9.17) is 7.21 Å². The van der Waals surface area contributed by atoms with Gasteiger partial charge >= 0.3 is 0 Å². The molecule has 0 atom stereocenters. The van der Waals surface area contributed by atoms with Crippen molar-refractivity contribution in [3.05, 3.63) is 23.9 Å². The summed E-state index contributed by atoms with van der Waals surface area (Å²) in [6.45, 7) is 0.262. The monoisotopic (exact) mass is 124 g/mol. The van der Waals surface area contributed by atoms with Gasteiger partial charge in [-0.1, -0.05) is 6.07 Å². The fraction of sp³-hybridized carbons (Fsp3) is 0.167. The van der Waals surface area contributed by atoms with Crippen LogP contribution in [0.2, 0.25) is 0 Å². The summed E-state index contributed by atoms with van der Waals surface area (Å²) in [4.78, 5) is 3.91. The molecule has 1 aromatic rings. The van der Waals surface area contributed by atoms with Crippen molar-refractivity contribution in [3.63, 3.8) is 0 Å². The maximum Gasteiger partial charge on any atom is 0.139 e. The highest BCUT2D eigenvalue weighted by atomic mass is 15.2. The molecular formula is C6H9N3. The van der Waals surface area contributed by atoms with Gasteiger partial charge in [-0.25, -0.2) is 10.8 Å². The second-order valence-electron chi connectivity index (χ2n) is 1.70. The number of aromatic nitrogens is 1. The maximum atomic E-state index is 6.98. The Hall–Kier alpha value is -1.09. The van der Waals surface area contributed by atoms with E-state index < -0.39 is 0 Å². The number of nitrogens with zero attached hydrogens (tertiary/aromatic N) is 1. The molecule has 1 rings (SSSR count). The van der Waals surface area contributed by atoms with Crippen molar-refractivity contribution in [2.75, 3.05) is 5.43 Å². The summed E-state index contributed by atoms with van der Waals surface area (Å²) in [6.07, 6.45) is 1.63. The molecule has 0 aromatic carbocycles. The predicted molar refractivity (Wildman–Crippen MR) is 36.8 cm³/mol. The van der Waals surface area contributed by atoms with Crippen LogP contribution in [-0.2, 0) is 0 Å². The molecule has 0 saturated heterocycles. The fourth-order valence-corrected chi connectivity index (χ4v) is 0.510. The minimum atomic E-state index is 0.262. The van der Waals surface area contributed by atoms with E-state index in [1.807, 2.05) is 6.07 Å². The molecule has 0 spiro atoms. The number of nitrogen functional groups attached to an aromatic ring is 1. The van der Waals surface area contributed by atoms with Crippen LogP contribution in [0, 0.1) is 6.90 Å². The van der Waals surface area contributed by atoms with Crippen molar-refractivity contribution >= 4 is 5.82 Å². The van der Waals surface area contributed by atoms with Crippen LogP contribution in [0.15, 0.2) is 18.3 Å². The van der Waals surface area contributed by atoms with E-state index in [1.54, 1.807) is 12.3 Å². The summed E-state index contributed by atoms with van der Waals surface area (Å²) in [5.74, 6) is 5.70. The van der Waals surface area contributed by atoms with Gasteiger partial charge in [0.25, 0.3) is 0 Å². The van der Waals surface area contributed by atoms with E-state index in [0.717, 1.165) is 5.56 Å². The summed E-state index contributed by atoms with van der Waals surface area (Å²) >= 11 is 0. The lowest BCUT2D eigenvalue weighted by Gasteiger charge is -1.96. The molecule has 0 aliphatic carbocycles. The first-order valence-electron chi connectivity index (χ1n) is 3.28. The number of anilines is 1. The Balaban J connectivity index is 2.80. The Bertz CT molecular complexity index is 174. The van der Waals surface area contributed by atoms with Crippen molar-refractivity contribution in [1.82, 2.24) is 4.98 Å². The quantitative estimate of drug-likeness (QED) is 0.427. The van der Waals surface area contributed by atoms with Gasteiger partial charge in [0.15, 0.2) is 0 Å². The lowest BCUT2D eigenvalue weighted by molar-refractivity contribution is 1.20. The van der Waals surface area contributed by atoms with Crippen LogP contribution >= 0.6 is 0 Å². The van der Waals surface area contributed by atoms with Gasteiger partial charge in [-0.3, -0.25) is 0 Å². The minimum Gasteiger partial charge on any atom is -0.308 e. The summed E-state index contributed by atoms with van der Waals surface area (Å²) in [7, 11) is 0. The third kappa shape index (κ3) is 1.40. The molecule has 0 radical (unpaired) electrons. The topological polar surface area (TPSA) is 50.9 Å². The Morgan fingerprint density at radius 1 is 1.78 bits per heavy atom. The normalized spacial score (nSPS) is 10.6. The molecule has 0 bridgehead atoms. The molecule has 0 amide bonds. The molecule has 1 heterocycles. The molecule has 0 aliphatic rings. The van der Waals surface area contributed by atoms with Gasteiger partial charge in [0.1, 0.15) is 5.82 Å². The second-order valence-corrected chi connectivity index (χ2v) is 1.70. The number of aryl methyl sites for hydroxylation is 1. The fourth-order valence-electron chi connectivity index (χ4n) is 0.510. The van der Waals surface area contributed by atoms with Crippen LogP contribution in [0.1, 0.15) is 6.93 Å². The number of nitrogens with one attached hydrogen (secondary N) is 1. The highest BCUT2D eigenvalue weighted by molar-refractivity contribution is 5.33. The average Bonchev–Trinajstić information content (AvgIpc) is 2.05. The van der Waals surface area contributed by atoms with Gasteiger partial charge < -0.3 is 5.43 Å². The largest absolute Gasteiger partial charge is 0.308 e. The van der Waals surface area contributed by atoms with E-state index in [-0.39, 0.29) is 6.90 Å². The molecule has 9 heavy (non-hydrogen) atoms. The van der Waals surface area contributed by atoms with Crippen molar-refractivity contribution in [2.24, 2.45) is 5.84 Å². The van der Waals surface area contributed by atoms with Crippen molar-refractivity contribution in [2.45, 2.75) is 6.90 Å². The van der Waals surface area contributed by atoms with Crippen LogP contribution < -0.4 is 11.3 Å². The van der Waals surface area contributed by atoms with Crippen molar-refractivity contribution in [1.29, 1.82) is 0 Å². The molecule has 0 saturated carbocycles. The average molecular weight is 124 g/mol. The summed E-state index contributed by atoms with van der Waals surface area (Å²) in [5.41, 5.74) is 3.29. The molecule has 3 N–H and O–H groups in total. The number of rotatable bonds is 1. The Kier molecular flexibility index (Phi) is 1.30. The summed E-state index contributed by atoms with van der Waals surface area (Å²) < 4.78 is 6.98. The zero-order valence-electron chi connectivity index (χ0n) is 5.96. The molecular weight excluding hydrogens is 114 g/mol. The molecule has 1 aromatic heterocycles. The summed E-state index contributed by atoms with van der Waals surface area (Å²) in [6, 6.07) is 3.55. The lowest BCUT2D eigenvalue weighted by Crippen LogP contribution is -2.07. The van der Waals surface area contributed by atoms with E-state index in [0.29, 0.717) is 5.82 Å². The van der Waals surface area contributed by atoms with E-state index in [9.17, 15) is 0 Å². The molecule has 3 heteroatoms. The van der Waals surface area contributed by atoms with Crippen LogP contribution in [-0.4, -0.2) is 4.98 Å². The lowest BCUT2D eigenvalue weighted by atomic mass is 10.3. The zero-order chi connectivity index (χ0) is 7.40. The van der Waals surface area contributed by atoms with Crippen molar-refractivity contribution in [3.8, 4) is 0 Å². The predicted octanol–water partition coefficient (Wildman–Crippen LogP) is 0.676. The van der Waals surface area contributed by atoms with Crippen LogP contribution in [0.3, 0.4) is 0 Å². The van der Waals surface area contributed by atoms with Gasteiger partial charge in [-0.05, 0) is 18.5 Å². The van der Waals surface area contributed by atoms with Gasteiger partial charge in [-0.15, -0.1) is 0 Å². The van der Waals surface area contributed by atoms with Crippen molar-refractivity contribution < 1.29 is 1.37 Å². The summed E-state index contributed by atoms with van der Waals surface area (Å²) in [5, 5.41) is 0. The highest BCUT2D eigenvalue weighted by Gasteiger charge is 1.85. The molecule has 0 fully saturated rings. The van der Waals surface area contributed by atoms with E-state index in [1.165, 1.54) is 0 Å². The van der Waals surface area contributed by atoms with E-state index >= 15 is 0 Å². The minimum absolute atomic E-state index is 0.262. The first-order chi connectivity index (χ1) is 4.86. The molecule has 0 unspecified atom stereocenters. The second kappa shape index (κ2) is 2.46. The number of pyridine rings is 1. The Morgan fingerprint density at radius 2 is 2.67 bits per heavy atom.